The minimum Gasteiger partial charge on any atom is -0.449 e. The summed E-state index contributed by atoms with van der Waals surface area (Å²) in [5, 5.41) is 10.6. The molecule has 7 heteroatoms. The van der Waals surface area contributed by atoms with E-state index in [0.29, 0.717) is 12.1 Å². The maximum Gasteiger partial charge on any atom is 0.413 e. The lowest BCUT2D eigenvalue weighted by Gasteiger charge is -2.16. The Hall–Kier alpha value is -2.70. The predicted octanol–water partition coefficient (Wildman–Crippen LogP) is 3.16. The van der Waals surface area contributed by atoms with Crippen LogP contribution in [-0.2, 0) is 4.74 Å². The van der Waals surface area contributed by atoms with Gasteiger partial charge in [-0.3, -0.25) is 19.8 Å². The van der Waals surface area contributed by atoms with E-state index in [1.807, 2.05) is 6.92 Å². The molecule has 118 valence electrons. The number of hydrogen-bond acceptors (Lipinski definition) is 5. The fraction of sp³-hybridized carbons (Fsp3) is 0.333. The van der Waals surface area contributed by atoms with Crippen LogP contribution >= 0.6 is 0 Å². The van der Waals surface area contributed by atoms with E-state index in [9.17, 15) is 19.7 Å². The van der Waals surface area contributed by atoms with Crippen LogP contribution in [0.4, 0.5) is 10.5 Å². The second kappa shape index (κ2) is 8.56. The van der Waals surface area contributed by atoms with Crippen molar-refractivity contribution >= 4 is 17.6 Å². The molecule has 0 N–H and O–H groups in total. The molecule has 0 aliphatic carbocycles. The number of nitrogens with zero attached hydrogens (tertiary/aromatic N) is 2. The number of nitro groups is 1. The first kappa shape index (κ1) is 17.4. The van der Waals surface area contributed by atoms with Crippen molar-refractivity contribution in [1.29, 1.82) is 0 Å². The highest BCUT2D eigenvalue weighted by atomic mass is 16.6. The van der Waals surface area contributed by atoms with Gasteiger partial charge in [0.2, 0.25) is 0 Å². The van der Waals surface area contributed by atoms with Crippen molar-refractivity contribution < 1.29 is 19.2 Å². The highest BCUT2D eigenvalue weighted by Crippen LogP contribution is 2.12. The predicted molar refractivity (Wildman–Crippen MR) is 80.6 cm³/mol. The minimum atomic E-state index is -0.534. The zero-order valence-electron chi connectivity index (χ0n) is 12.5. The lowest BCUT2D eigenvalue weighted by molar-refractivity contribution is -0.384. The molecule has 0 spiro atoms. The molecule has 0 saturated heterocycles. The topological polar surface area (TPSA) is 89.8 Å². The second-order valence-electron chi connectivity index (χ2n) is 4.38. The van der Waals surface area contributed by atoms with E-state index < -0.39 is 11.0 Å². The van der Waals surface area contributed by atoms with Gasteiger partial charge < -0.3 is 4.74 Å². The van der Waals surface area contributed by atoms with Crippen LogP contribution in [0, 0.1) is 10.1 Å². The first-order valence-electron chi connectivity index (χ1n) is 6.90. The summed E-state index contributed by atoms with van der Waals surface area (Å²) in [6.07, 6.45) is 2.81. The monoisotopic (exact) mass is 306 g/mol. The number of nitro benzene ring substituents is 1. The molecule has 0 bridgehead atoms. The Balaban J connectivity index is 2.79. The van der Waals surface area contributed by atoms with Crippen LogP contribution < -0.4 is 0 Å². The van der Waals surface area contributed by atoms with Crippen molar-refractivity contribution in [2.24, 2.45) is 0 Å². The van der Waals surface area contributed by atoms with Gasteiger partial charge in [-0.15, -0.1) is 0 Å². The van der Waals surface area contributed by atoms with Crippen molar-refractivity contribution in [2.75, 3.05) is 13.2 Å². The van der Waals surface area contributed by atoms with Gasteiger partial charge in [-0.25, -0.2) is 4.79 Å². The molecule has 0 atom stereocenters. The first-order valence-corrected chi connectivity index (χ1v) is 6.90. The number of ether oxygens (including phenoxy) is 1. The molecule has 1 rings (SSSR count). The zero-order valence-corrected chi connectivity index (χ0v) is 12.5. The normalized spacial score (nSPS) is 10.5. The number of non-ortho nitro benzene ring substituents is 1. The van der Waals surface area contributed by atoms with Crippen LogP contribution in [0.3, 0.4) is 0 Å². The summed E-state index contributed by atoms with van der Waals surface area (Å²) in [4.78, 5) is 35.0. The zero-order chi connectivity index (χ0) is 16.5. The summed E-state index contributed by atoms with van der Waals surface area (Å²) in [5.74, 6) is -0.347. The van der Waals surface area contributed by atoms with Gasteiger partial charge in [0.25, 0.3) is 5.69 Å². The van der Waals surface area contributed by atoms with Crippen LogP contribution in [0.1, 0.15) is 30.6 Å². The van der Waals surface area contributed by atoms with E-state index in [1.165, 1.54) is 41.4 Å². The smallest absolute Gasteiger partial charge is 0.413 e. The van der Waals surface area contributed by atoms with Crippen molar-refractivity contribution in [3.8, 4) is 0 Å². The number of allylic oxidation sites excluding steroid dienone is 1. The number of hydrogen-bond donors (Lipinski definition) is 0. The maximum absolute atomic E-state index is 12.0. The number of ketones is 1. The van der Waals surface area contributed by atoms with Crippen molar-refractivity contribution in [1.82, 2.24) is 4.90 Å². The van der Waals surface area contributed by atoms with Crippen molar-refractivity contribution in [3.05, 3.63) is 52.2 Å². The van der Waals surface area contributed by atoms with E-state index in [-0.39, 0.29) is 18.1 Å². The molecule has 0 aliphatic heterocycles. The third-order valence-electron chi connectivity index (χ3n) is 2.74. The fourth-order valence-corrected chi connectivity index (χ4v) is 1.68. The van der Waals surface area contributed by atoms with Crippen LogP contribution in [0.5, 0.6) is 0 Å². The number of carbonyl (C=O) groups is 2. The third-order valence-corrected chi connectivity index (χ3v) is 2.74. The highest BCUT2D eigenvalue weighted by molar-refractivity contribution is 6.04. The Kier molecular flexibility index (Phi) is 6.75. The molecule has 1 aromatic carbocycles. The van der Waals surface area contributed by atoms with E-state index in [2.05, 4.69) is 0 Å². The van der Waals surface area contributed by atoms with E-state index in [1.54, 1.807) is 6.92 Å². The molecular formula is C15H18N2O5. The molecule has 0 radical (unpaired) electrons. The molecule has 1 aromatic rings. The quantitative estimate of drug-likeness (QED) is 0.334. The van der Waals surface area contributed by atoms with E-state index in [0.717, 1.165) is 6.42 Å². The number of benzene rings is 1. The average Bonchev–Trinajstić information content (AvgIpc) is 2.51. The molecule has 0 heterocycles. The fourth-order valence-electron chi connectivity index (χ4n) is 1.68. The van der Waals surface area contributed by atoms with Gasteiger partial charge >= 0.3 is 6.09 Å². The van der Waals surface area contributed by atoms with Crippen LogP contribution in [0.2, 0.25) is 0 Å². The second-order valence-corrected chi connectivity index (χ2v) is 4.38. The van der Waals surface area contributed by atoms with Gasteiger partial charge in [0, 0.05) is 36.5 Å². The SMILES string of the molecule is CCCN(C=CC(=O)c1ccc([N+](=O)[O-])cc1)C(=O)OCC. The summed E-state index contributed by atoms with van der Waals surface area (Å²) in [6, 6.07) is 5.27. The molecule has 0 unspecified atom stereocenters. The first-order chi connectivity index (χ1) is 10.5. The summed E-state index contributed by atoms with van der Waals surface area (Å²) in [7, 11) is 0. The molecule has 0 aromatic heterocycles. The number of carbonyl (C=O) groups excluding carboxylic acids is 2. The standard InChI is InChI=1S/C15H18N2O5/c1-3-10-16(15(19)22-4-2)11-9-14(18)12-5-7-13(8-6-12)17(20)21/h5-9,11H,3-4,10H2,1-2H3. The number of amides is 1. The minimum absolute atomic E-state index is 0.0836. The summed E-state index contributed by atoms with van der Waals surface area (Å²) in [6.45, 7) is 4.29. The summed E-state index contributed by atoms with van der Waals surface area (Å²) in [5.41, 5.74) is 0.224. The highest BCUT2D eigenvalue weighted by Gasteiger charge is 2.12. The summed E-state index contributed by atoms with van der Waals surface area (Å²) >= 11 is 0. The van der Waals surface area contributed by atoms with Crippen LogP contribution in [0.25, 0.3) is 0 Å². The Morgan fingerprint density at radius 3 is 2.41 bits per heavy atom. The molecule has 0 saturated carbocycles. The Morgan fingerprint density at radius 1 is 1.27 bits per heavy atom. The molecule has 0 aliphatic rings. The van der Waals surface area contributed by atoms with Gasteiger partial charge in [0.1, 0.15) is 0 Å². The maximum atomic E-state index is 12.0. The Bertz CT molecular complexity index is 566. The van der Waals surface area contributed by atoms with Gasteiger partial charge in [-0.1, -0.05) is 6.92 Å². The van der Waals surface area contributed by atoms with E-state index in [4.69, 9.17) is 4.74 Å². The molecule has 1 amide bonds. The van der Waals surface area contributed by atoms with Gasteiger partial charge in [-0.2, -0.15) is 0 Å². The molecular weight excluding hydrogens is 288 g/mol. The van der Waals surface area contributed by atoms with Crippen LogP contribution in [0.15, 0.2) is 36.5 Å². The Morgan fingerprint density at radius 2 is 1.91 bits per heavy atom. The molecule has 0 fully saturated rings. The van der Waals surface area contributed by atoms with Gasteiger partial charge in [-0.05, 0) is 25.5 Å². The largest absolute Gasteiger partial charge is 0.449 e. The van der Waals surface area contributed by atoms with E-state index >= 15 is 0 Å². The average molecular weight is 306 g/mol. The van der Waals surface area contributed by atoms with Gasteiger partial charge in [0.05, 0.1) is 11.5 Å². The molecule has 22 heavy (non-hydrogen) atoms. The third kappa shape index (κ3) is 5.01. The summed E-state index contributed by atoms with van der Waals surface area (Å²) < 4.78 is 4.89. The van der Waals surface area contributed by atoms with Gasteiger partial charge in [0.15, 0.2) is 5.78 Å². The van der Waals surface area contributed by atoms with Crippen molar-refractivity contribution in [3.63, 3.8) is 0 Å². The van der Waals surface area contributed by atoms with Crippen molar-refractivity contribution in [2.45, 2.75) is 20.3 Å². The Labute approximate surface area is 128 Å². The van der Waals surface area contributed by atoms with Crippen LogP contribution in [-0.4, -0.2) is 34.9 Å². The molecule has 7 nitrogen and oxygen atoms in total. The number of rotatable bonds is 7. The lowest BCUT2D eigenvalue weighted by Crippen LogP contribution is -2.27. The lowest BCUT2D eigenvalue weighted by atomic mass is 10.1.